The third kappa shape index (κ3) is 2.96. The van der Waals surface area contributed by atoms with E-state index < -0.39 is 0 Å². The molecule has 2 N–H and O–H groups in total. The molecular formula is C12H17NO. The molecule has 0 aliphatic heterocycles. The molecule has 76 valence electrons. The number of carbonyl (C=O) groups excluding carboxylic acids is 1. The Morgan fingerprint density at radius 1 is 1.36 bits per heavy atom. The summed E-state index contributed by atoms with van der Waals surface area (Å²) in [6, 6.07) is 9.91. The molecule has 2 nitrogen and oxygen atoms in total. The van der Waals surface area contributed by atoms with Crippen LogP contribution in [-0.4, -0.2) is 11.8 Å². The normalized spacial score (nSPS) is 14.8. The topological polar surface area (TPSA) is 43.1 Å². The first kappa shape index (κ1) is 10.9. The van der Waals surface area contributed by atoms with Crippen molar-refractivity contribution in [3.05, 3.63) is 35.9 Å². The Bertz CT molecular complexity index is 292. The number of benzene rings is 1. The van der Waals surface area contributed by atoms with Gasteiger partial charge in [-0.2, -0.15) is 0 Å². The zero-order valence-corrected chi connectivity index (χ0v) is 8.73. The molecule has 1 aromatic rings. The summed E-state index contributed by atoms with van der Waals surface area (Å²) in [5, 5.41) is 0. The van der Waals surface area contributed by atoms with Crippen molar-refractivity contribution in [3.8, 4) is 0 Å². The van der Waals surface area contributed by atoms with Crippen LogP contribution in [0.15, 0.2) is 30.3 Å². The SMILES string of the molecule is CC(=O)C(Cc1ccccc1)C(C)N. The van der Waals surface area contributed by atoms with Crippen LogP contribution in [0, 0.1) is 5.92 Å². The van der Waals surface area contributed by atoms with E-state index >= 15 is 0 Å². The van der Waals surface area contributed by atoms with Crippen LogP contribution in [0.4, 0.5) is 0 Å². The molecule has 0 radical (unpaired) electrons. The van der Waals surface area contributed by atoms with E-state index in [4.69, 9.17) is 5.73 Å². The maximum absolute atomic E-state index is 11.3. The lowest BCUT2D eigenvalue weighted by Gasteiger charge is -2.17. The van der Waals surface area contributed by atoms with Gasteiger partial charge in [-0.1, -0.05) is 30.3 Å². The Hall–Kier alpha value is -1.15. The van der Waals surface area contributed by atoms with Crippen LogP contribution in [0.5, 0.6) is 0 Å². The largest absolute Gasteiger partial charge is 0.327 e. The third-order valence-corrected chi connectivity index (χ3v) is 2.46. The summed E-state index contributed by atoms with van der Waals surface area (Å²) < 4.78 is 0. The minimum atomic E-state index is -0.0762. The monoisotopic (exact) mass is 191 g/mol. The van der Waals surface area contributed by atoms with Crippen LogP contribution in [-0.2, 0) is 11.2 Å². The van der Waals surface area contributed by atoms with Gasteiger partial charge < -0.3 is 5.73 Å². The first-order valence-corrected chi connectivity index (χ1v) is 4.91. The van der Waals surface area contributed by atoms with Crippen molar-refractivity contribution in [1.82, 2.24) is 0 Å². The van der Waals surface area contributed by atoms with Crippen molar-refractivity contribution in [1.29, 1.82) is 0 Å². The van der Waals surface area contributed by atoms with E-state index in [-0.39, 0.29) is 17.7 Å². The average Bonchev–Trinajstić information content (AvgIpc) is 2.15. The molecule has 0 fully saturated rings. The second-order valence-electron chi connectivity index (χ2n) is 3.77. The molecule has 0 aromatic heterocycles. The molecular weight excluding hydrogens is 174 g/mol. The number of carbonyl (C=O) groups is 1. The molecule has 14 heavy (non-hydrogen) atoms. The van der Waals surface area contributed by atoms with Crippen LogP contribution in [0.2, 0.25) is 0 Å². The van der Waals surface area contributed by atoms with Gasteiger partial charge in [0.05, 0.1) is 0 Å². The minimum Gasteiger partial charge on any atom is -0.327 e. The molecule has 0 spiro atoms. The van der Waals surface area contributed by atoms with Crippen LogP contribution in [0.1, 0.15) is 19.4 Å². The first-order chi connectivity index (χ1) is 6.61. The fraction of sp³-hybridized carbons (Fsp3) is 0.417. The summed E-state index contributed by atoms with van der Waals surface area (Å²) in [6.07, 6.45) is 0.744. The molecule has 1 rings (SSSR count). The number of nitrogens with two attached hydrogens (primary N) is 1. The van der Waals surface area contributed by atoms with Gasteiger partial charge in [-0.05, 0) is 25.8 Å². The van der Waals surface area contributed by atoms with E-state index in [9.17, 15) is 4.79 Å². The highest BCUT2D eigenvalue weighted by Gasteiger charge is 2.18. The zero-order chi connectivity index (χ0) is 10.6. The fourth-order valence-electron chi connectivity index (χ4n) is 1.57. The highest BCUT2D eigenvalue weighted by atomic mass is 16.1. The third-order valence-electron chi connectivity index (χ3n) is 2.46. The summed E-state index contributed by atoms with van der Waals surface area (Å²) in [4.78, 5) is 11.3. The molecule has 0 amide bonds. The predicted octanol–water partition coefficient (Wildman–Crippen LogP) is 1.78. The summed E-state index contributed by atoms with van der Waals surface area (Å²) in [5.74, 6) is 0.112. The maximum atomic E-state index is 11.3. The van der Waals surface area contributed by atoms with Crippen molar-refractivity contribution in [2.24, 2.45) is 11.7 Å². The molecule has 2 atom stereocenters. The maximum Gasteiger partial charge on any atom is 0.134 e. The lowest BCUT2D eigenvalue weighted by molar-refractivity contribution is -0.121. The van der Waals surface area contributed by atoms with E-state index in [2.05, 4.69) is 0 Å². The van der Waals surface area contributed by atoms with Crippen molar-refractivity contribution in [2.45, 2.75) is 26.3 Å². The lowest BCUT2D eigenvalue weighted by atomic mass is 9.90. The van der Waals surface area contributed by atoms with Crippen molar-refractivity contribution < 1.29 is 4.79 Å². The van der Waals surface area contributed by atoms with E-state index in [1.165, 1.54) is 5.56 Å². The number of hydrogen-bond acceptors (Lipinski definition) is 2. The molecule has 2 unspecified atom stereocenters. The minimum absolute atomic E-state index is 0.0580. The smallest absolute Gasteiger partial charge is 0.134 e. The second kappa shape index (κ2) is 4.91. The highest BCUT2D eigenvalue weighted by molar-refractivity contribution is 5.79. The summed E-state index contributed by atoms with van der Waals surface area (Å²) in [6.45, 7) is 3.49. The van der Waals surface area contributed by atoms with Gasteiger partial charge in [0, 0.05) is 12.0 Å². The number of ketones is 1. The molecule has 0 aliphatic carbocycles. The van der Waals surface area contributed by atoms with Crippen LogP contribution >= 0.6 is 0 Å². The van der Waals surface area contributed by atoms with Crippen molar-refractivity contribution >= 4 is 5.78 Å². The first-order valence-electron chi connectivity index (χ1n) is 4.91. The van der Waals surface area contributed by atoms with Gasteiger partial charge in [0.2, 0.25) is 0 Å². The zero-order valence-electron chi connectivity index (χ0n) is 8.73. The van der Waals surface area contributed by atoms with Crippen LogP contribution in [0.25, 0.3) is 0 Å². The molecule has 1 aromatic carbocycles. The van der Waals surface area contributed by atoms with Crippen LogP contribution in [0.3, 0.4) is 0 Å². The van der Waals surface area contributed by atoms with Crippen molar-refractivity contribution in [2.75, 3.05) is 0 Å². The number of rotatable bonds is 4. The summed E-state index contributed by atoms with van der Waals surface area (Å²) >= 11 is 0. The van der Waals surface area contributed by atoms with Gasteiger partial charge in [-0.25, -0.2) is 0 Å². The Morgan fingerprint density at radius 2 is 1.93 bits per heavy atom. The molecule has 0 aliphatic rings. The Morgan fingerprint density at radius 3 is 2.36 bits per heavy atom. The van der Waals surface area contributed by atoms with Crippen molar-refractivity contribution in [3.63, 3.8) is 0 Å². The fourth-order valence-corrected chi connectivity index (χ4v) is 1.57. The van der Waals surface area contributed by atoms with Gasteiger partial charge in [-0.15, -0.1) is 0 Å². The second-order valence-corrected chi connectivity index (χ2v) is 3.77. The quantitative estimate of drug-likeness (QED) is 0.788. The molecule has 0 heterocycles. The van der Waals surface area contributed by atoms with Gasteiger partial charge >= 0.3 is 0 Å². The predicted molar refractivity (Wildman–Crippen MR) is 58.0 cm³/mol. The molecule has 0 saturated carbocycles. The van der Waals surface area contributed by atoms with Gasteiger partial charge in [0.25, 0.3) is 0 Å². The summed E-state index contributed by atoms with van der Waals surface area (Å²) in [7, 11) is 0. The van der Waals surface area contributed by atoms with Crippen LogP contribution < -0.4 is 5.73 Å². The Kier molecular flexibility index (Phi) is 3.84. The van der Waals surface area contributed by atoms with E-state index in [1.54, 1.807) is 6.92 Å². The van der Waals surface area contributed by atoms with Gasteiger partial charge in [-0.3, -0.25) is 4.79 Å². The molecule has 2 heteroatoms. The van der Waals surface area contributed by atoms with E-state index in [1.807, 2.05) is 37.3 Å². The molecule has 0 bridgehead atoms. The highest BCUT2D eigenvalue weighted by Crippen LogP contribution is 2.12. The van der Waals surface area contributed by atoms with Gasteiger partial charge in [0.1, 0.15) is 5.78 Å². The molecule has 0 saturated heterocycles. The van der Waals surface area contributed by atoms with Gasteiger partial charge in [0.15, 0.2) is 0 Å². The standard InChI is InChI=1S/C12H17NO/c1-9(13)12(10(2)14)8-11-6-4-3-5-7-11/h3-7,9,12H,8,13H2,1-2H3. The number of Topliss-reactive ketones (excluding diaryl/α,β-unsaturated/α-hetero) is 1. The number of hydrogen-bond donors (Lipinski definition) is 1. The van der Waals surface area contributed by atoms with E-state index in [0.29, 0.717) is 0 Å². The Labute approximate surface area is 85.1 Å². The average molecular weight is 191 g/mol. The summed E-state index contributed by atoms with van der Waals surface area (Å²) in [5.41, 5.74) is 6.94. The lowest BCUT2D eigenvalue weighted by Crippen LogP contribution is -2.33. The van der Waals surface area contributed by atoms with E-state index in [0.717, 1.165) is 6.42 Å². The Balaban J connectivity index is 2.70.